The zero-order chi connectivity index (χ0) is 14.0. The van der Waals surface area contributed by atoms with Gasteiger partial charge in [-0.1, -0.05) is 34.8 Å². The number of benzene rings is 1. The first-order chi connectivity index (χ1) is 9.00. The molecule has 1 aliphatic heterocycles. The summed E-state index contributed by atoms with van der Waals surface area (Å²) in [5.74, 6) is -0.0765. The van der Waals surface area contributed by atoms with Gasteiger partial charge < -0.3 is 10.2 Å². The van der Waals surface area contributed by atoms with E-state index in [0.717, 1.165) is 25.9 Å². The van der Waals surface area contributed by atoms with Gasteiger partial charge >= 0.3 is 0 Å². The van der Waals surface area contributed by atoms with Crippen molar-refractivity contribution < 1.29 is 4.79 Å². The normalized spacial score (nSPS) is 15.6. The minimum atomic E-state index is -0.0765. The highest BCUT2D eigenvalue weighted by molar-refractivity contribution is 6.48. The highest BCUT2D eigenvalue weighted by atomic mass is 35.5. The molecule has 20 heavy (non-hydrogen) atoms. The SMILES string of the molecule is CN(C(=O)c1cc(Cl)c(Cl)c(Cl)c1)C1CCNCC1.Cl. The summed E-state index contributed by atoms with van der Waals surface area (Å²) in [6.07, 6.45) is 1.91. The lowest BCUT2D eigenvalue weighted by Gasteiger charge is -2.31. The Kier molecular flexibility index (Phi) is 6.89. The summed E-state index contributed by atoms with van der Waals surface area (Å²) < 4.78 is 0. The van der Waals surface area contributed by atoms with Crippen LogP contribution in [0.15, 0.2) is 12.1 Å². The third-order valence-corrected chi connectivity index (χ3v) is 4.60. The number of nitrogens with zero attached hydrogens (tertiary/aromatic N) is 1. The Balaban J connectivity index is 0.00000200. The molecule has 1 aromatic carbocycles. The number of halogens is 4. The predicted molar refractivity (Wildman–Crippen MR) is 86.7 cm³/mol. The Labute approximate surface area is 140 Å². The molecular formula is C13H16Cl4N2O. The summed E-state index contributed by atoms with van der Waals surface area (Å²) in [5, 5.41) is 4.16. The summed E-state index contributed by atoms with van der Waals surface area (Å²) in [6, 6.07) is 3.38. The van der Waals surface area contributed by atoms with Crippen LogP contribution in [0.3, 0.4) is 0 Å². The summed E-state index contributed by atoms with van der Waals surface area (Å²) >= 11 is 17.8. The van der Waals surface area contributed by atoms with Gasteiger partial charge in [0.1, 0.15) is 0 Å². The number of amides is 1. The van der Waals surface area contributed by atoms with Crippen molar-refractivity contribution in [1.29, 1.82) is 0 Å². The molecule has 1 N–H and O–H groups in total. The van der Waals surface area contributed by atoms with E-state index in [1.54, 1.807) is 17.0 Å². The van der Waals surface area contributed by atoms with E-state index in [4.69, 9.17) is 34.8 Å². The molecule has 0 aliphatic carbocycles. The first kappa shape index (κ1) is 17.9. The van der Waals surface area contributed by atoms with Crippen LogP contribution in [0.5, 0.6) is 0 Å². The Bertz CT molecular complexity index is 466. The lowest BCUT2D eigenvalue weighted by Crippen LogP contribution is -2.43. The Hall–Kier alpha value is -0.190. The minimum absolute atomic E-state index is 0. The maximum Gasteiger partial charge on any atom is 0.253 e. The number of nitrogens with one attached hydrogen (secondary N) is 1. The maximum absolute atomic E-state index is 12.4. The zero-order valence-electron chi connectivity index (χ0n) is 11.0. The van der Waals surface area contributed by atoms with E-state index in [-0.39, 0.29) is 29.4 Å². The summed E-state index contributed by atoms with van der Waals surface area (Å²) in [4.78, 5) is 14.2. The predicted octanol–water partition coefficient (Wildman–Crippen LogP) is 3.89. The molecule has 0 saturated carbocycles. The molecule has 0 atom stereocenters. The second-order valence-corrected chi connectivity index (χ2v) is 5.84. The van der Waals surface area contributed by atoms with Crippen molar-refractivity contribution in [1.82, 2.24) is 10.2 Å². The highest BCUT2D eigenvalue weighted by Gasteiger charge is 2.23. The molecule has 0 radical (unpaired) electrons. The van der Waals surface area contributed by atoms with E-state index in [9.17, 15) is 4.79 Å². The van der Waals surface area contributed by atoms with E-state index < -0.39 is 0 Å². The molecule has 3 nitrogen and oxygen atoms in total. The first-order valence-corrected chi connectivity index (χ1v) is 7.26. The minimum Gasteiger partial charge on any atom is -0.339 e. The van der Waals surface area contributed by atoms with E-state index in [2.05, 4.69) is 5.32 Å². The number of hydrogen-bond donors (Lipinski definition) is 1. The average molecular weight is 358 g/mol. The van der Waals surface area contributed by atoms with E-state index in [1.165, 1.54) is 0 Å². The van der Waals surface area contributed by atoms with Crippen LogP contribution in [0.4, 0.5) is 0 Å². The molecule has 1 saturated heterocycles. The molecule has 1 aliphatic rings. The lowest BCUT2D eigenvalue weighted by molar-refractivity contribution is 0.0703. The van der Waals surface area contributed by atoms with Crippen molar-refractivity contribution in [2.24, 2.45) is 0 Å². The van der Waals surface area contributed by atoms with Crippen LogP contribution >= 0.6 is 47.2 Å². The number of rotatable bonds is 2. The molecule has 1 heterocycles. The van der Waals surface area contributed by atoms with Crippen LogP contribution in [0.25, 0.3) is 0 Å². The Morgan fingerprint density at radius 2 is 1.70 bits per heavy atom. The van der Waals surface area contributed by atoms with Crippen LogP contribution in [-0.4, -0.2) is 37.0 Å². The van der Waals surface area contributed by atoms with Crippen LogP contribution in [0.2, 0.25) is 15.1 Å². The highest BCUT2D eigenvalue weighted by Crippen LogP contribution is 2.31. The fraction of sp³-hybridized carbons (Fsp3) is 0.462. The van der Waals surface area contributed by atoms with Crippen LogP contribution in [0.1, 0.15) is 23.2 Å². The van der Waals surface area contributed by atoms with Gasteiger partial charge in [-0.15, -0.1) is 12.4 Å². The van der Waals surface area contributed by atoms with Gasteiger partial charge in [-0.2, -0.15) is 0 Å². The van der Waals surface area contributed by atoms with Gasteiger partial charge in [0.05, 0.1) is 15.1 Å². The van der Waals surface area contributed by atoms with Crippen molar-refractivity contribution in [2.45, 2.75) is 18.9 Å². The largest absolute Gasteiger partial charge is 0.339 e. The summed E-state index contributed by atoms with van der Waals surface area (Å²) in [5.41, 5.74) is 0.473. The third-order valence-electron chi connectivity index (χ3n) is 3.41. The monoisotopic (exact) mass is 356 g/mol. The zero-order valence-corrected chi connectivity index (χ0v) is 14.0. The van der Waals surface area contributed by atoms with Crippen molar-refractivity contribution in [3.63, 3.8) is 0 Å². The molecule has 1 aromatic rings. The van der Waals surface area contributed by atoms with Crippen molar-refractivity contribution in [3.8, 4) is 0 Å². The fourth-order valence-corrected chi connectivity index (χ4v) is 2.84. The van der Waals surface area contributed by atoms with Gasteiger partial charge in [-0.3, -0.25) is 4.79 Å². The number of carbonyl (C=O) groups excluding carboxylic acids is 1. The Morgan fingerprint density at radius 3 is 2.20 bits per heavy atom. The average Bonchev–Trinajstić information content (AvgIpc) is 2.43. The maximum atomic E-state index is 12.4. The number of piperidine rings is 1. The molecule has 2 rings (SSSR count). The molecule has 1 fully saturated rings. The van der Waals surface area contributed by atoms with Crippen LogP contribution in [-0.2, 0) is 0 Å². The quantitative estimate of drug-likeness (QED) is 0.814. The Morgan fingerprint density at radius 1 is 1.20 bits per heavy atom. The lowest BCUT2D eigenvalue weighted by atomic mass is 10.0. The smallest absolute Gasteiger partial charge is 0.253 e. The second-order valence-electron chi connectivity index (χ2n) is 4.65. The summed E-state index contributed by atoms with van der Waals surface area (Å²) in [7, 11) is 1.81. The molecule has 112 valence electrons. The van der Waals surface area contributed by atoms with E-state index in [0.29, 0.717) is 15.6 Å². The van der Waals surface area contributed by atoms with Gasteiger partial charge in [0.25, 0.3) is 5.91 Å². The van der Waals surface area contributed by atoms with Crippen LogP contribution < -0.4 is 5.32 Å². The van der Waals surface area contributed by atoms with Gasteiger partial charge in [-0.05, 0) is 38.1 Å². The number of hydrogen-bond acceptors (Lipinski definition) is 2. The molecule has 0 aromatic heterocycles. The standard InChI is InChI=1S/C13H15Cl3N2O.ClH/c1-18(9-2-4-17-5-3-9)13(19)8-6-10(14)12(16)11(15)7-8;/h6-7,9,17H,2-5H2,1H3;1H. The second kappa shape index (κ2) is 7.71. The van der Waals surface area contributed by atoms with E-state index >= 15 is 0 Å². The van der Waals surface area contributed by atoms with Gasteiger partial charge in [0.15, 0.2) is 0 Å². The summed E-state index contributed by atoms with van der Waals surface area (Å²) in [6.45, 7) is 1.87. The van der Waals surface area contributed by atoms with Crippen molar-refractivity contribution >= 4 is 53.1 Å². The van der Waals surface area contributed by atoms with Crippen molar-refractivity contribution in [3.05, 3.63) is 32.8 Å². The van der Waals surface area contributed by atoms with Gasteiger partial charge in [0.2, 0.25) is 0 Å². The number of carbonyl (C=O) groups is 1. The fourth-order valence-electron chi connectivity index (χ4n) is 2.24. The topological polar surface area (TPSA) is 32.3 Å². The first-order valence-electron chi connectivity index (χ1n) is 6.13. The molecule has 0 unspecified atom stereocenters. The molecule has 7 heteroatoms. The molecule has 1 amide bonds. The van der Waals surface area contributed by atoms with E-state index in [1.807, 2.05) is 7.05 Å². The van der Waals surface area contributed by atoms with Crippen LogP contribution in [0, 0.1) is 0 Å². The van der Waals surface area contributed by atoms with Gasteiger partial charge in [0, 0.05) is 18.7 Å². The van der Waals surface area contributed by atoms with Crippen molar-refractivity contribution in [2.75, 3.05) is 20.1 Å². The van der Waals surface area contributed by atoms with Gasteiger partial charge in [-0.25, -0.2) is 0 Å². The molecule has 0 spiro atoms. The molecule has 0 bridgehead atoms. The molecular weight excluding hydrogens is 342 g/mol. The third kappa shape index (κ3) is 3.92.